The average molecular weight is 296 g/mol. The molecule has 3 nitrogen and oxygen atoms in total. The molecule has 1 aliphatic rings. The molecule has 0 saturated carbocycles. The van der Waals surface area contributed by atoms with Gasteiger partial charge >= 0.3 is 6.18 Å². The maximum absolute atomic E-state index is 12.8. The van der Waals surface area contributed by atoms with E-state index in [4.69, 9.17) is 4.74 Å². The standard InChI is InChI=1S/C14H27F3N2O/c1-11(2)7-18-8-13(10-20-3)19-6-4-5-12(9-19)14(15,16)17/h11-13,18H,4-10H2,1-3H3. The van der Waals surface area contributed by atoms with Crippen molar-refractivity contribution in [3.63, 3.8) is 0 Å². The fourth-order valence-corrected chi connectivity index (χ4v) is 2.63. The predicted molar refractivity (Wildman–Crippen MR) is 73.7 cm³/mol. The monoisotopic (exact) mass is 296 g/mol. The van der Waals surface area contributed by atoms with Gasteiger partial charge in [0.2, 0.25) is 0 Å². The molecule has 6 heteroatoms. The van der Waals surface area contributed by atoms with Gasteiger partial charge in [-0.3, -0.25) is 4.90 Å². The molecule has 0 aromatic rings. The lowest BCUT2D eigenvalue weighted by Gasteiger charge is -2.38. The molecule has 0 aliphatic carbocycles. The second-order valence-corrected chi connectivity index (χ2v) is 6.04. The van der Waals surface area contributed by atoms with E-state index in [1.807, 2.05) is 4.90 Å². The Morgan fingerprint density at radius 2 is 2.00 bits per heavy atom. The molecule has 120 valence electrons. The van der Waals surface area contributed by atoms with Crippen LogP contribution < -0.4 is 5.32 Å². The van der Waals surface area contributed by atoms with Gasteiger partial charge in [0.25, 0.3) is 0 Å². The van der Waals surface area contributed by atoms with E-state index in [-0.39, 0.29) is 19.0 Å². The Hall–Kier alpha value is -0.330. The molecule has 1 N–H and O–H groups in total. The smallest absolute Gasteiger partial charge is 0.383 e. The molecule has 0 bridgehead atoms. The van der Waals surface area contributed by atoms with Crippen molar-refractivity contribution in [1.29, 1.82) is 0 Å². The molecule has 2 unspecified atom stereocenters. The number of piperidine rings is 1. The molecule has 0 radical (unpaired) electrons. The summed E-state index contributed by atoms with van der Waals surface area (Å²) in [5, 5.41) is 3.32. The fraction of sp³-hybridized carbons (Fsp3) is 1.00. The summed E-state index contributed by atoms with van der Waals surface area (Å²) in [5.74, 6) is -0.664. The molecule has 1 heterocycles. The Kier molecular flexibility index (Phi) is 7.26. The second-order valence-electron chi connectivity index (χ2n) is 6.04. The summed E-state index contributed by atoms with van der Waals surface area (Å²) >= 11 is 0. The quantitative estimate of drug-likeness (QED) is 0.781. The van der Waals surface area contributed by atoms with Crippen molar-refractivity contribution in [2.24, 2.45) is 11.8 Å². The van der Waals surface area contributed by atoms with Crippen LogP contribution in [0.4, 0.5) is 13.2 Å². The summed E-state index contributed by atoms with van der Waals surface area (Å²) in [6.07, 6.45) is -3.23. The number of hydrogen-bond acceptors (Lipinski definition) is 3. The van der Waals surface area contributed by atoms with Crippen molar-refractivity contribution >= 4 is 0 Å². The highest BCUT2D eigenvalue weighted by Crippen LogP contribution is 2.33. The Labute approximate surface area is 119 Å². The van der Waals surface area contributed by atoms with Crippen LogP contribution in [0.5, 0.6) is 0 Å². The third-order valence-electron chi connectivity index (χ3n) is 3.72. The van der Waals surface area contributed by atoms with Crippen molar-refractivity contribution < 1.29 is 17.9 Å². The van der Waals surface area contributed by atoms with Gasteiger partial charge in [-0.2, -0.15) is 13.2 Å². The van der Waals surface area contributed by atoms with Crippen molar-refractivity contribution in [1.82, 2.24) is 10.2 Å². The molecule has 0 spiro atoms. The fourth-order valence-electron chi connectivity index (χ4n) is 2.63. The van der Waals surface area contributed by atoms with E-state index in [2.05, 4.69) is 19.2 Å². The zero-order chi connectivity index (χ0) is 15.2. The van der Waals surface area contributed by atoms with Gasteiger partial charge in [0.05, 0.1) is 12.5 Å². The number of nitrogens with one attached hydrogen (secondary N) is 1. The van der Waals surface area contributed by atoms with Crippen molar-refractivity contribution in [2.75, 3.05) is 39.9 Å². The molecular formula is C14H27F3N2O. The van der Waals surface area contributed by atoms with Gasteiger partial charge in [0, 0.05) is 26.2 Å². The molecule has 0 aromatic heterocycles. The first-order chi connectivity index (χ1) is 9.34. The number of ether oxygens (including phenoxy) is 1. The Bertz CT molecular complexity index is 272. The van der Waals surface area contributed by atoms with Crippen LogP contribution in [0.3, 0.4) is 0 Å². The summed E-state index contributed by atoms with van der Waals surface area (Å²) in [6.45, 7) is 7.06. The normalized spacial score (nSPS) is 23.2. The summed E-state index contributed by atoms with van der Waals surface area (Å²) in [4.78, 5) is 1.93. The lowest BCUT2D eigenvalue weighted by Crippen LogP contribution is -2.51. The number of hydrogen-bond donors (Lipinski definition) is 1. The molecule has 1 aliphatic heterocycles. The first-order valence-electron chi connectivity index (χ1n) is 7.35. The van der Waals surface area contributed by atoms with Gasteiger partial charge in [0.15, 0.2) is 0 Å². The highest BCUT2D eigenvalue weighted by Gasteiger charge is 2.42. The van der Waals surface area contributed by atoms with Crippen LogP contribution in [0, 0.1) is 11.8 Å². The summed E-state index contributed by atoms with van der Waals surface area (Å²) in [5.41, 5.74) is 0. The van der Waals surface area contributed by atoms with Crippen LogP contribution in [0.15, 0.2) is 0 Å². The average Bonchev–Trinajstić information content (AvgIpc) is 2.36. The first-order valence-corrected chi connectivity index (χ1v) is 7.35. The van der Waals surface area contributed by atoms with E-state index >= 15 is 0 Å². The number of halogens is 3. The van der Waals surface area contributed by atoms with Crippen LogP contribution >= 0.6 is 0 Å². The maximum atomic E-state index is 12.8. The molecule has 0 amide bonds. The van der Waals surface area contributed by atoms with Gasteiger partial charge in [-0.05, 0) is 31.8 Å². The van der Waals surface area contributed by atoms with Gasteiger partial charge in [-0.15, -0.1) is 0 Å². The van der Waals surface area contributed by atoms with E-state index in [9.17, 15) is 13.2 Å². The van der Waals surface area contributed by atoms with E-state index in [0.29, 0.717) is 25.5 Å². The zero-order valence-corrected chi connectivity index (χ0v) is 12.7. The highest BCUT2D eigenvalue weighted by molar-refractivity contribution is 4.83. The maximum Gasteiger partial charge on any atom is 0.393 e. The SMILES string of the molecule is COCC(CNCC(C)C)N1CCCC(C(F)(F)F)C1. The zero-order valence-electron chi connectivity index (χ0n) is 12.7. The minimum atomic E-state index is -4.08. The lowest BCUT2D eigenvalue weighted by molar-refractivity contribution is -0.189. The van der Waals surface area contributed by atoms with Gasteiger partial charge < -0.3 is 10.1 Å². The van der Waals surface area contributed by atoms with Gasteiger partial charge in [-0.1, -0.05) is 13.8 Å². The third kappa shape index (κ3) is 5.97. The van der Waals surface area contributed by atoms with Crippen molar-refractivity contribution in [3.8, 4) is 0 Å². The molecule has 0 aromatic carbocycles. The number of alkyl halides is 3. The van der Waals surface area contributed by atoms with Gasteiger partial charge in [-0.25, -0.2) is 0 Å². The van der Waals surface area contributed by atoms with Gasteiger partial charge in [0.1, 0.15) is 0 Å². The van der Waals surface area contributed by atoms with Crippen LogP contribution in [0.25, 0.3) is 0 Å². The molecular weight excluding hydrogens is 269 g/mol. The molecule has 2 atom stereocenters. The topological polar surface area (TPSA) is 24.5 Å². The van der Waals surface area contributed by atoms with E-state index < -0.39 is 12.1 Å². The molecule has 1 rings (SSSR count). The second kappa shape index (κ2) is 8.20. The Morgan fingerprint density at radius 1 is 1.30 bits per heavy atom. The minimum Gasteiger partial charge on any atom is -0.383 e. The van der Waals surface area contributed by atoms with Crippen molar-refractivity contribution in [2.45, 2.75) is 38.9 Å². The van der Waals surface area contributed by atoms with E-state index in [1.165, 1.54) is 0 Å². The third-order valence-corrected chi connectivity index (χ3v) is 3.72. The summed E-state index contributed by atoms with van der Waals surface area (Å²) in [6, 6.07) is 0.0175. The number of likely N-dealkylation sites (tertiary alicyclic amines) is 1. The number of nitrogens with zero attached hydrogens (tertiary/aromatic N) is 1. The van der Waals surface area contributed by atoms with Crippen LogP contribution in [-0.4, -0.2) is 57.0 Å². The molecule has 1 fully saturated rings. The van der Waals surface area contributed by atoms with Crippen LogP contribution in [0.2, 0.25) is 0 Å². The predicted octanol–water partition coefficient (Wildman–Crippen LogP) is 2.52. The number of rotatable bonds is 7. The summed E-state index contributed by atoms with van der Waals surface area (Å²) < 4.78 is 43.7. The Balaban J connectivity index is 2.52. The van der Waals surface area contributed by atoms with Crippen LogP contribution in [-0.2, 0) is 4.74 Å². The van der Waals surface area contributed by atoms with Crippen molar-refractivity contribution in [3.05, 3.63) is 0 Å². The van der Waals surface area contributed by atoms with Crippen LogP contribution in [0.1, 0.15) is 26.7 Å². The lowest BCUT2D eigenvalue weighted by atomic mass is 9.96. The summed E-state index contributed by atoms with van der Waals surface area (Å²) in [7, 11) is 1.60. The minimum absolute atomic E-state index is 0.0175. The van der Waals surface area contributed by atoms with E-state index in [0.717, 1.165) is 13.1 Å². The first kappa shape index (κ1) is 17.7. The number of methoxy groups -OCH3 is 1. The molecule has 1 saturated heterocycles. The highest BCUT2D eigenvalue weighted by atomic mass is 19.4. The van der Waals surface area contributed by atoms with E-state index in [1.54, 1.807) is 7.11 Å². The molecule has 20 heavy (non-hydrogen) atoms. The largest absolute Gasteiger partial charge is 0.393 e. The Morgan fingerprint density at radius 3 is 2.55 bits per heavy atom.